The summed E-state index contributed by atoms with van der Waals surface area (Å²) in [4.78, 5) is 15.6. The number of benzene rings is 4. The van der Waals surface area contributed by atoms with E-state index in [1.165, 1.54) is 25.1 Å². The Balaban J connectivity index is 0.000000157. The molecule has 0 unspecified atom stereocenters. The number of hydrogen-bond donors (Lipinski definition) is 1. The van der Waals surface area contributed by atoms with Crippen LogP contribution in [0.2, 0.25) is 0 Å². The van der Waals surface area contributed by atoms with Crippen molar-refractivity contribution in [1.82, 2.24) is 4.98 Å². The lowest BCUT2D eigenvalue weighted by molar-refractivity contribution is -0.114. The average Bonchev–Trinajstić information content (AvgIpc) is 2.80. The number of carbonyl (C=O) groups excluding carboxylic acids is 1. The van der Waals surface area contributed by atoms with Crippen LogP contribution in [0.4, 0.5) is 14.5 Å². The summed E-state index contributed by atoms with van der Waals surface area (Å²) in [6.07, 6.45) is 0. The van der Waals surface area contributed by atoms with Crippen molar-refractivity contribution in [3.63, 3.8) is 0 Å². The summed E-state index contributed by atoms with van der Waals surface area (Å²) in [6.45, 7) is 3.37. The fraction of sp³-hybridized carbons (Fsp3) is 0.0714. The Kier molecular flexibility index (Phi) is 6.41. The summed E-state index contributed by atoms with van der Waals surface area (Å²) in [7, 11) is 0. The molecule has 33 heavy (non-hydrogen) atoms. The summed E-state index contributed by atoms with van der Waals surface area (Å²) < 4.78 is 26.0. The molecular formula is C28H22F2N2O. The third-order valence-corrected chi connectivity index (χ3v) is 5.25. The first-order valence-electron chi connectivity index (χ1n) is 10.5. The van der Waals surface area contributed by atoms with Crippen molar-refractivity contribution in [2.45, 2.75) is 13.8 Å². The van der Waals surface area contributed by atoms with E-state index < -0.39 is 0 Å². The van der Waals surface area contributed by atoms with Gasteiger partial charge in [0.2, 0.25) is 5.91 Å². The second-order valence-electron chi connectivity index (χ2n) is 7.64. The molecule has 0 fully saturated rings. The lowest BCUT2D eigenvalue weighted by Gasteiger charge is -2.09. The largest absolute Gasteiger partial charge is 0.326 e. The number of anilines is 1. The molecule has 0 radical (unpaired) electrons. The van der Waals surface area contributed by atoms with E-state index in [4.69, 9.17) is 0 Å². The molecule has 5 aromatic rings. The minimum atomic E-state index is -0.272. The van der Waals surface area contributed by atoms with Gasteiger partial charge in [0.25, 0.3) is 0 Å². The van der Waals surface area contributed by atoms with Gasteiger partial charge in [-0.2, -0.15) is 0 Å². The molecule has 0 saturated carbocycles. The number of halogens is 2. The minimum absolute atomic E-state index is 0.125. The maximum absolute atomic E-state index is 13.2. The van der Waals surface area contributed by atoms with Crippen molar-refractivity contribution in [2.24, 2.45) is 0 Å². The average molecular weight is 440 g/mol. The van der Waals surface area contributed by atoms with E-state index in [0.29, 0.717) is 0 Å². The Morgan fingerprint density at radius 1 is 0.758 bits per heavy atom. The summed E-state index contributed by atoms with van der Waals surface area (Å²) in [5.74, 6) is -0.613. The van der Waals surface area contributed by atoms with Crippen molar-refractivity contribution in [3.8, 4) is 11.1 Å². The van der Waals surface area contributed by atoms with Gasteiger partial charge in [0.05, 0.1) is 5.52 Å². The Bertz CT molecular complexity index is 1450. The maximum atomic E-state index is 13.2. The van der Waals surface area contributed by atoms with Crippen LogP contribution in [0.3, 0.4) is 0 Å². The van der Waals surface area contributed by atoms with Gasteiger partial charge in [-0.25, -0.2) is 8.78 Å². The molecule has 1 heterocycles. The molecule has 3 nitrogen and oxygen atoms in total. The molecule has 0 aliphatic rings. The first-order chi connectivity index (χ1) is 15.9. The topological polar surface area (TPSA) is 42.0 Å². The molecular weight excluding hydrogens is 418 g/mol. The highest BCUT2D eigenvalue weighted by molar-refractivity contribution is 6.06. The normalized spacial score (nSPS) is 10.5. The second-order valence-corrected chi connectivity index (χ2v) is 7.64. The molecule has 1 aromatic heterocycles. The summed E-state index contributed by atoms with van der Waals surface area (Å²) in [5.41, 5.74) is 4.30. The molecule has 0 saturated heterocycles. The van der Waals surface area contributed by atoms with Gasteiger partial charge in [-0.15, -0.1) is 0 Å². The summed E-state index contributed by atoms with van der Waals surface area (Å²) >= 11 is 0. The van der Waals surface area contributed by atoms with Gasteiger partial charge in [-0.3, -0.25) is 9.78 Å². The highest BCUT2D eigenvalue weighted by Crippen LogP contribution is 2.28. The molecule has 1 N–H and O–H groups in total. The number of fused-ring (bicyclic) bond motifs is 3. The molecule has 0 atom stereocenters. The zero-order valence-electron chi connectivity index (χ0n) is 18.3. The second kappa shape index (κ2) is 9.57. The smallest absolute Gasteiger partial charge is 0.221 e. The highest BCUT2D eigenvalue weighted by Gasteiger charge is 2.06. The number of rotatable bonds is 2. The zero-order chi connectivity index (χ0) is 23.4. The fourth-order valence-electron chi connectivity index (χ4n) is 3.75. The van der Waals surface area contributed by atoms with Crippen LogP contribution < -0.4 is 5.32 Å². The lowest BCUT2D eigenvalue weighted by atomic mass is 10.0. The quantitative estimate of drug-likeness (QED) is 0.293. The molecule has 5 heteroatoms. The van der Waals surface area contributed by atoms with Crippen LogP contribution in [0.15, 0.2) is 91.0 Å². The van der Waals surface area contributed by atoms with Crippen LogP contribution >= 0.6 is 0 Å². The Morgan fingerprint density at radius 2 is 1.42 bits per heavy atom. The van der Waals surface area contributed by atoms with Crippen molar-refractivity contribution >= 4 is 33.3 Å². The van der Waals surface area contributed by atoms with Gasteiger partial charge < -0.3 is 5.32 Å². The number of carbonyl (C=O) groups is 1. The maximum Gasteiger partial charge on any atom is 0.221 e. The molecule has 0 spiro atoms. The van der Waals surface area contributed by atoms with Gasteiger partial charge in [0.15, 0.2) is 0 Å². The molecule has 0 aliphatic carbocycles. The number of aryl methyl sites for hydroxylation is 1. The van der Waals surface area contributed by atoms with Crippen molar-refractivity contribution in [3.05, 3.63) is 108 Å². The highest BCUT2D eigenvalue weighted by atomic mass is 19.1. The number of pyridine rings is 1. The first kappa shape index (κ1) is 22.1. The van der Waals surface area contributed by atoms with Crippen LogP contribution in [0.1, 0.15) is 12.6 Å². The lowest BCUT2D eigenvalue weighted by Crippen LogP contribution is -2.06. The van der Waals surface area contributed by atoms with Gasteiger partial charge in [0.1, 0.15) is 11.6 Å². The number of para-hydroxylation sites is 2. The van der Waals surface area contributed by atoms with Crippen LogP contribution in [0, 0.1) is 18.6 Å². The molecule has 1 amide bonds. The molecule has 4 aromatic carbocycles. The molecule has 5 rings (SSSR count). The number of nitrogens with one attached hydrogen (secondary N) is 1. The Hall–Kier alpha value is -4.12. The first-order valence-corrected chi connectivity index (χ1v) is 10.5. The van der Waals surface area contributed by atoms with Gasteiger partial charge >= 0.3 is 0 Å². The van der Waals surface area contributed by atoms with Crippen molar-refractivity contribution in [1.29, 1.82) is 0 Å². The van der Waals surface area contributed by atoms with Crippen LogP contribution in [-0.4, -0.2) is 10.9 Å². The van der Waals surface area contributed by atoms with E-state index >= 15 is 0 Å². The minimum Gasteiger partial charge on any atom is -0.326 e. The fourth-order valence-corrected chi connectivity index (χ4v) is 3.75. The zero-order valence-corrected chi connectivity index (χ0v) is 18.3. The predicted molar refractivity (Wildman–Crippen MR) is 130 cm³/mol. The monoisotopic (exact) mass is 440 g/mol. The van der Waals surface area contributed by atoms with E-state index in [0.717, 1.165) is 44.2 Å². The SMILES string of the molecule is CC(=O)Nc1ccccc1-c1ccc(F)cc1.Cc1nc2ccccc2c2ccc(F)cc12. The van der Waals surface area contributed by atoms with Gasteiger partial charge in [-0.1, -0.05) is 54.6 Å². The van der Waals surface area contributed by atoms with Crippen LogP contribution in [0.5, 0.6) is 0 Å². The predicted octanol–water partition coefficient (Wildman–Crippen LogP) is 7.29. The Morgan fingerprint density at radius 3 is 2.18 bits per heavy atom. The third kappa shape index (κ3) is 5.04. The standard InChI is InChI=1S/C14H12FNO.C14H10FN/c1-10(17)16-14-5-3-2-4-13(14)11-6-8-12(15)9-7-11;1-9-13-8-10(15)6-7-11(13)12-4-2-3-5-14(12)16-9/h2-9H,1H3,(H,16,17);2-8H,1H3. The van der Waals surface area contributed by atoms with Crippen molar-refractivity contribution < 1.29 is 13.6 Å². The number of aromatic nitrogens is 1. The van der Waals surface area contributed by atoms with Gasteiger partial charge in [-0.05, 0) is 54.3 Å². The van der Waals surface area contributed by atoms with Crippen LogP contribution in [-0.2, 0) is 4.79 Å². The van der Waals surface area contributed by atoms with Crippen LogP contribution in [0.25, 0.3) is 32.8 Å². The molecule has 0 aliphatic heterocycles. The summed E-state index contributed by atoms with van der Waals surface area (Å²) in [5, 5.41) is 5.77. The number of hydrogen-bond acceptors (Lipinski definition) is 2. The number of amides is 1. The van der Waals surface area contributed by atoms with E-state index in [-0.39, 0.29) is 17.5 Å². The van der Waals surface area contributed by atoms with E-state index in [1.807, 2.05) is 61.5 Å². The molecule has 164 valence electrons. The van der Waals surface area contributed by atoms with E-state index in [2.05, 4.69) is 10.3 Å². The summed E-state index contributed by atoms with van der Waals surface area (Å²) in [6, 6.07) is 26.4. The van der Waals surface area contributed by atoms with Gasteiger partial charge in [0, 0.05) is 34.6 Å². The number of nitrogens with zero attached hydrogens (tertiary/aromatic N) is 1. The molecule has 0 bridgehead atoms. The van der Waals surface area contributed by atoms with Crippen molar-refractivity contribution in [2.75, 3.05) is 5.32 Å². The third-order valence-electron chi connectivity index (χ3n) is 5.25. The van der Waals surface area contributed by atoms with E-state index in [1.54, 1.807) is 18.2 Å². The Labute approximate surface area is 190 Å². The van der Waals surface area contributed by atoms with E-state index in [9.17, 15) is 13.6 Å².